The van der Waals surface area contributed by atoms with E-state index < -0.39 is 15.8 Å². The molecule has 1 N–H and O–H groups in total. The van der Waals surface area contributed by atoms with Gasteiger partial charge < -0.3 is 5.32 Å². The van der Waals surface area contributed by atoms with Gasteiger partial charge in [-0.05, 0) is 42.3 Å². The van der Waals surface area contributed by atoms with Crippen LogP contribution in [-0.2, 0) is 21.4 Å². The van der Waals surface area contributed by atoms with Crippen LogP contribution in [0.25, 0.3) is 0 Å². The van der Waals surface area contributed by atoms with Gasteiger partial charge in [0.2, 0.25) is 15.9 Å². The van der Waals surface area contributed by atoms with Crippen molar-refractivity contribution in [2.75, 3.05) is 18.9 Å². The Hall–Kier alpha value is -2.75. The van der Waals surface area contributed by atoms with Gasteiger partial charge in [-0.3, -0.25) is 4.79 Å². The molecule has 0 fully saturated rings. The first-order valence-corrected chi connectivity index (χ1v) is 11.4. The summed E-state index contributed by atoms with van der Waals surface area (Å²) in [6.45, 7) is 0.549. The van der Waals surface area contributed by atoms with Crippen molar-refractivity contribution in [3.63, 3.8) is 0 Å². The number of hydrogen-bond donors (Lipinski definition) is 1. The van der Waals surface area contributed by atoms with Crippen LogP contribution in [-0.4, -0.2) is 42.0 Å². The number of nitrogens with one attached hydrogen (secondary N) is 1. The summed E-state index contributed by atoms with van der Waals surface area (Å²) in [6.07, 6.45) is 2.03. The van der Waals surface area contributed by atoms with Crippen LogP contribution in [0.1, 0.15) is 18.4 Å². The van der Waals surface area contributed by atoms with Gasteiger partial charge in [-0.25, -0.2) is 21.8 Å². The number of anilines is 1. The normalized spacial score (nSPS) is 11.6. The van der Waals surface area contributed by atoms with E-state index in [2.05, 4.69) is 10.4 Å². The van der Waals surface area contributed by atoms with E-state index in [9.17, 15) is 17.6 Å². The quantitative estimate of drug-likeness (QED) is 0.522. The van der Waals surface area contributed by atoms with Gasteiger partial charge in [-0.15, -0.1) is 0 Å². The van der Waals surface area contributed by atoms with Crippen LogP contribution < -0.4 is 5.32 Å². The van der Waals surface area contributed by atoms with Crippen LogP contribution in [0.5, 0.6) is 0 Å². The standard InChI is InChI=1S/C21H22ClFN4O3S/c1-26(31(29,30)18-10-8-17(23)9-11-18)14-4-7-21(28)25-20-12-13-24-27(20)15-16-5-2-3-6-19(16)22/h2-3,5-6,8-13H,4,7,14-15H2,1H3,(H,25,28). The maximum absolute atomic E-state index is 13.0. The van der Waals surface area contributed by atoms with Gasteiger partial charge in [0, 0.05) is 31.1 Å². The second-order valence-electron chi connectivity index (χ2n) is 6.90. The maximum Gasteiger partial charge on any atom is 0.242 e. The van der Waals surface area contributed by atoms with Crippen molar-refractivity contribution in [1.29, 1.82) is 0 Å². The van der Waals surface area contributed by atoms with Crippen molar-refractivity contribution in [3.05, 3.63) is 77.2 Å². The van der Waals surface area contributed by atoms with Crippen molar-refractivity contribution in [3.8, 4) is 0 Å². The third-order valence-corrected chi connectivity index (χ3v) is 6.90. The van der Waals surface area contributed by atoms with Crippen LogP contribution in [0.2, 0.25) is 5.02 Å². The molecule has 0 atom stereocenters. The van der Waals surface area contributed by atoms with E-state index in [0.717, 1.165) is 22.0 Å². The molecule has 7 nitrogen and oxygen atoms in total. The molecular weight excluding hydrogens is 443 g/mol. The third-order valence-electron chi connectivity index (χ3n) is 4.66. The zero-order chi connectivity index (χ0) is 22.4. The topological polar surface area (TPSA) is 84.3 Å². The summed E-state index contributed by atoms with van der Waals surface area (Å²) in [7, 11) is -2.31. The van der Waals surface area contributed by atoms with Crippen molar-refractivity contribution in [1.82, 2.24) is 14.1 Å². The molecule has 0 aliphatic carbocycles. The summed E-state index contributed by atoms with van der Waals surface area (Å²) in [4.78, 5) is 12.3. The van der Waals surface area contributed by atoms with Crippen molar-refractivity contribution < 1.29 is 17.6 Å². The van der Waals surface area contributed by atoms with E-state index in [1.54, 1.807) is 23.0 Å². The number of benzene rings is 2. The van der Waals surface area contributed by atoms with E-state index in [0.29, 0.717) is 23.8 Å². The summed E-state index contributed by atoms with van der Waals surface area (Å²) >= 11 is 6.19. The number of hydrogen-bond acceptors (Lipinski definition) is 4. The van der Waals surface area contributed by atoms with Crippen LogP contribution in [0.15, 0.2) is 65.7 Å². The van der Waals surface area contributed by atoms with E-state index in [1.807, 2.05) is 18.2 Å². The Kier molecular flexibility index (Phi) is 7.42. The summed E-state index contributed by atoms with van der Waals surface area (Å²) < 4.78 is 40.8. The highest BCUT2D eigenvalue weighted by molar-refractivity contribution is 7.89. The average molecular weight is 465 g/mol. The first kappa shape index (κ1) is 22.9. The second kappa shape index (κ2) is 10.0. The lowest BCUT2D eigenvalue weighted by Gasteiger charge is -2.17. The second-order valence-corrected chi connectivity index (χ2v) is 9.35. The fraction of sp³-hybridized carbons (Fsp3) is 0.238. The Morgan fingerprint density at radius 2 is 1.87 bits per heavy atom. The van der Waals surface area contributed by atoms with Gasteiger partial charge in [0.1, 0.15) is 11.6 Å². The molecule has 0 unspecified atom stereocenters. The summed E-state index contributed by atoms with van der Waals surface area (Å²) in [5.74, 6) is -0.238. The Morgan fingerprint density at radius 1 is 1.16 bits per heavy atom. The molecule has 0 aliphatic heterocycles. The molecule has 0 aliphatic rings. The zero-order valence-electron chi connectivity index (χ0n) is 16.8. The fourth-order valence-corrected chi connectivity index (χ4v) is 4.33. The van der Waals surface area contributed by atoms with Gasteiger partial charge in [0.25, 0.3) is 0 Å². The molecule has 0 bridgehead atoms. The van der Waals surface area contributed by atoms with Crippen LogP contribution in [0.4, 0.5) is 10.2 Å². The first-order chi connectivity index (χ1) is 14.8. The molecule has 1 amide bonds. The molecule has 2 aromatic carbocycles. The maximum atomic E-state index is 13.0. The minimum atomic E-state index is -3.74. The highest BCUT2D eigenvalue weighted by Gasteiger charge is 2.20. The van der Waals surface area contributed by atoms with Gasteiger partial charge in [0.05, 0.1) is 17.6 Å². The number of sulfonamides is 1. The SMILES string of the molecule is CN(CCCC(=O)Nc1ccnn1Cc1ccccc1Cl)S(=O)(=O)c1ccc(F)cc1. The number of rotatable bonds is 9. The molecule has 0 saturated heterocycles. The number of aromatic nitrogens is 2. The number of halogens is 2. The molecular formula is C21H22ClFN4O3S. The summed E-state index contributed by atoms with van der Waals surface area (Å²) in [5.41, 5.74) is 0.871. The highest BCUT2D eigenvalue weighted by Crippen LogP contribution is 2.19. The molecule has 0 saturated carbocycles. The molecule has 1 aromatic heterocycles. The van der Waals surface area contributed by atoms with Crippen LogP contribution in [0.3, 0.4) is 0 Å². The number of carbonyl (C=O) groups excluding carboxylic acids is 1. The van der Waals surface area contributed by atoms with Gasteiger partial charge in [-0.1, -0.05) is 29.8 Å². The Labute approximate surface area is 185 Å². The largest absolute Gasteiger partial charge is 0.311 e. The van der Waals surface area contributed by atoms with Gasteiger partial charge in [0.15, 0.2) is 0 Å². The molecule has 3 aromatic rings. The minimum Gasteiger partial charge on any atom is -0.311 e. The number of carbonyl (C=O) groups is 1. The Morgan fingerprint density at radius 3 is 2.58 bits per heavy atom. The molecule has 10 heteroatoms. The third kappa shape index (κ3) is 5.90. The van der Waals surface area contributed by atoms with E-state index in [-0.39, 0.29) is 23.8 Å². The van der Waals surface area contributed by atoms with Crippen LogP contribution >= 0.6 is 11.6 Å². The number of nitrogens with zero attached hydrogens (tertiary/aromatic N) is 3. The Balaban J connectivity index is 1.52. The van der Waals surface area contributed by atoms with E-state index in [4.69, 9.17) is 11.6 Å². The fourth-order valence-electron chi connectivity index (χ4n) is 2.93. The lowest BCUT2D eigenvalue weighted by molar-refractivity contribution is -0.116. The van der Waals surface area contributed by atoms with Crippen molar-refractivity contribution in [2.45, 2.75) is 24.3 Å². The van der Waals surface area contributed by atoms with Crippen molar-refractivity contribution in [2.24, 2.45) is 0 Å². The summed E-state index contributed by atoms with van der Waals surface area (Å²) in [6, 6.07) is 13.7. The average Bonchev–Trinajstić information content (AvgIpc) is 3.16. The lowest BCUT2D eigenvalue weighted by Crippen LogP contribution is -2.28. The van der Waals surface area contributed by atoms with E-state index >= 15 is 0 Å². The first-order valence-electron chi connectivity index (χ1n) is 9.54. The predicted molar refractivity (Wildman–Crippen MR) is 117 cm³/mol. The highest BCUT2D eigenvalue weighted by atomic mass is 35.5. The molecule has 31 heavy (non-hydrogen) atoms. The van der Waals surface area contributed by atoms with Gasteiger partial charge >= 0.3 is 0 Å². The minimum absolute atomic E-state index is 0.00401. The Bertz CT molecular complexity index is 1150. The van der Waals surface area contributed by atoms with Crippen molar-refractivity contribution >= 4 is 33.3 Å². The molecule has 164 valence electrons. The van der Waals surface area contributed by atoms with Gasteiger partial charge in [-0.2, -0.15) is 5.10 Å². The molecule has 3 rings (SSSR count). The molecule has 0 spiro atoms. The molecule has 0 radical (unpaired) electrons. The molecule has 1 heterocycles. The van der Waals surface area contributed by atoms with Crippen LogP contribution in [0, 0.1) is 5.82 Å². The lowest BCUT2D eigenvalue weighted by atomic mass is 10.2. The zero-order valence-corrected chi connectivity index (χ0v) is 18.4. The smallest absolute Gasteiger partial charge is 0.242 e. The predicted octanol–water partition coefficient (Wildman–Crippen LogP) is 3.76. The van der Waals surface area contributed by atoms with E-state index in [1.165, 1.54) is 19.2 Å². The monoisotopic (exact) mass is 464 g/mol. The summed E-state index contributed by atoms with van der Waals surface area (Å²) in [5, 5.41) is 7.62. The number of amides is 1.